The Balaban J connectivity index is 1.81. The van der Waals surface area contributed by atoms with Gasteiger partial charge >= 0.3 is 0 Å². The SMILES string of the molecule is CCN(CC)S(=O)(=O)c1cc(C(=O)NCC(c2ccc(Cl)cc2)N2CCOCC2)ccc1C. The largest absolute Gasteiger partial charge is 0.379 e. The fraction of sp³-hybridized carbons (Fsp3) is 0.458. The van der Waals surface area contributed by atoms with E-state index in [4.69, 9.17) is 16.3 Å². The molecule has 1 aliphatic heterocycles. The first kappa shape index (κ1) is 25.6. The highest BCUT2D eigenvalue weighted by atomic mass is 35.5. The second-order valence-corrected chi connectivity index (χ2v) is 10.3. The van der Waals surface area contributed by atoms with Crippen LogP contribution in [0.3, 0.4) is 0 Å². The molecule has 3 rings (SSSR count). The summed E-state index contributed by atoms with van der Waals surface area (Å²) in [6, 6.07) is 12.4. The molecule has 7 nitrogen and oxygen atoms in total. The Morgan fingerprint density at radius 3 is 2.36 bits per heavy atom. The summed E-state index contributed by atoms with van der Waals surface area (Å²) in [7, 11) is -3.66. The van der Waals surface area contributed by atoms with Crippen molar-refractivity contribution in [2.24, 2.45) is 0 Å². The topological polar surface area (TPSA) is 79.0 Å². The number of aryl methyl sites for hydroxylation is 1. The molecule has 9 heteroatoms. The molecule has 1 heterocycles. The first-order chi connectivity index (χ1) is 15.8. The van der Waals surface area contributed by atoms with Crippen LogP contribution in [0.25, 0.3) is 0 Å². The molecule has 0 aromatic heterocycles. The number of ether oxygens (including phenoxy) is 1. The van der Waals surface area contributed by atoms with Crippen molar-refractivity contribution in [2.45, 2.75) is 31.7 Å². The monoisotopic (exact) mass is 493 g/mol. The molecule has 33 heavy (non-hydrogen) atoms. The molecule has 1 aliphatic rings. The standard InChI is InChI=1S/C24H32ClN3O4S/c1-4-28(5-2)33(30,31)23-16-20(7-6-18(23)3)24(29)26-17-22(27-12-14-32-15-13-27)19-8-10-21(25)11-9-19/h6-11,16,22H,4-5,12-15,17H2,1-3H3,(H,26,29). The van der Waals surface area contributed by atoms with Gasteiger partial charge in [-0.25, -0.2) is 8.42 Å². The van der Waals surface area contributed by atoms with Crippen LogP contribution in [0.4, 0.5) is 0 Å². The maximum absolute atomic E-state index is 13.0. The van der Waals surface area contributed by atoms with Crippen LogP contribution in [0.2, 0.25) is 5.02 Å². The number of carbonyl (C=O) groups is 1. The van der Waals surface area contributed by atoms with E-state index in [0.717, 1.165) is 18.7 Å². The second-order valence-electron chi connectivity index (χ2n) is 8.00. The lowest BCUT2D eigenvalue weighted by Gasteiger charge is -2.35. The van der Waals surface area contributed by atoms with Crippen LogP contribution < -0.4 is 5.32 Å². The van der Waals surface area contributed by atoms with Gasteiger partial charge in [0.05, 0.1) is 24.2 Å². The van der Waals surface area contributed by atoms with E-state index in [0.29, 0.717) is 49.0 Å². The van der Waals surface area contributed by atoms with E-state index in [1.807, 2.05) is 24.3 Å². The Morgan fingerprint density at radius 2 is 1.76 bits per heavy atom. The number of hydrogen-bond donors (Lipinski definition) is 1. The van der Waals surface area contributed by atoms with Crippen molar-refractivity contribution in [3.8, 4) is 0 Å². The molecule has 1 amide bonds. The Hall–Kier alpha value is -1.97. The molecule has 1 unspecified atom stereocenters. The predicted molar refractivity (Wildman–Crippen MR) is 130 cm³/mol. The molecule has 2 aromatic carbocycles. The van der Waals surface area contributed by atoms with Crippen molar-refractivity contribution in [3.63, 3.8) is 0 Å². The van der Waals surface area contributed by atoms with E-state index in [2.05, 4.69) is 10.2 Å². The maximum atomic E-state index is 13.0. The summed E-state index contributed by atoms with van der Waals surface area (Å²) in [4.78, 5) is 15.5. The van der Waals surface area contributed by atoms with Crippen molar-refractivity contribution in [2.75, 3.05) is 45.9 Å². The molecule has 180 valence electrons. The van der Waals surface area contributed by atoms with Gasteiger partial charge in [0.25, 0.3) is 5.91 Å². The number of benzene rings is 2. The first-order valence-electron chi connectivity index (χ1n) is 11.2. The van der Waals surface area contributed by atoms with Gasteiger partial charge in [0.1, 0.15) is 0 Å². The molecule has 2 aromatic rings. The van der Waals surface area contributed by atoms with Crippen LogP contribution >= 0.6 is 11.6 Å². The van der Waals surface area contributed by atoms with Gasteiger partial charge in [-0.1, -0.05) is 43.6 Å². The predicted octanol–water partition coefficient (Wildman–Crippen LogP) is 3.48. The Labute approximate surface area is 201 Å². The summed E-state index contributed by atoms with van der Waals surface area (Å²) in [5.74, 6) is -0.307. The van der Waals surface area contributed by atoms with Gasteiger partial charge in [-0.05, 0) is 42.3 Å². The number of rotatable bonds is 9. The fourth-order valence-electron chi connectivity index (χ4n) is 4.05. The zero-order valence-electron chi connectivity index (χ0n) is 19.4. The number of amides is 1. The molecule has 0 radical (unpaired) electrons. The molecule has 0 bridgehead atoms. The second kappa shape index (κ2) is 11.4. The molecule has 0 aliphatic carbocycles. The minimum atomic E-state index is -3.66. The number of halogens is 1. The third-order valence-corrected chi connectivity index (χ3v) is 8.41. The van der Waals surface area contributed by atoms with Crippen molar-refractivity contribution in [1.29, 1.82) is 0 Å². The van der Waals surface area contributed by atoms with Gasteiger partial charge in [0, 0.05) is 43.3 Å². The first-order valence-corrected chi connectivity index (χ1v) is 13.1. The third kappa shape index (κ3) is 6.13. The van der Waals surface area contributed by atoms with Crippen LogP contribution in [0.15, 0.2) is 47.4 Å². The quantitative estimate of drug-likeness (QED) is 0.578. The molecule has 0 spiro atoms. The van der Waals surface area contributed by atoms with Crippen LogP contribution in [0, 0.1) is 6.92 Å². The summed E-state index contributed by atoms with van der Waals surface area (Å²) in [5, 5.41) is 3.66. The summed E-state index contributed by atoms with van der Waals surface area (Å²) in [6.07, 6.45) is 0. The summed E-state index contributed by atoms with van der Waals surface area (Å²) in [6.45, 7) is 9.28. The zero-order chi connectivity index (χ0) is 24.0. The number of nitrogens with one attached hydrogen (secondary N) is 1. The number of hydrogen-bond acceptors (Lipinski definition) is 5. The van der Waals surface area contributed by atoms with E-state index < -0.39 is 10.0 Å². The minimum Gasteiger partial charge on any atom is -0.379 e. The van der Waals surface area contributed by atoms with E-state index in [1.54, 1.807) is 32.9 Å². The molecule has 1 atom stereocenters. The molecule has 0 saturated carbocycles. The highest BCUT2D eigenvalue weighted by Crippen LogP contribution is 2.24. The summed E-state index contributed by atoms with van der Waals surface area (Å²) >= 11 is 6.06. The molecular weight excluding hydrogens is 462 g/mol. The van der Waals surface area contributed by atoms with Gasteiger partial charge in [-0.3, -0.25) is 9.69 Å². The van der Waals surface area contributed by atoms with Crippen molar-refractivity contribution in [1.82, 2.24) is 14.5 Å². The summed E-state index contributed by atoms with van der Waals surface area (Å²) < 4.78 is 33.0. The molecule has 1 N–H and O–H groups in total. The molecule has 1 fully saturated rings. The smallest absolute Gasteiger partial charge is 0.251 e. The lowest BCUT2D eigenvalue weighted by molar-refractivity contribution is 0.0162. The number of sulfonamides is 1. The van der Waals surface area contributed by atoms with Crippen LogP contribution in [0.1, 0.15) is 41.4 Å². The Kier molecular flexibility index (Phi) is 8.89. The average Bonchev–Trinajstić information content (AvgIpc) is 2.81. The van der Waals surface area contributed by atoms with Gasteiger partial charge in [0.2, 0.25) is 10.0 Å². The van der Waals surface area contributed by atoms with E-state index in [1.165, 1.54) is 10.4 Å². The lowest BCUT2D eigenvalue weighted by atomic mass is 10.0. The third-order valence-electron chi connectivity index (χ3n) is 5.97. The fourth-order valence-corrected chi connectivity index (χ4v) is 5.88. The van der Waals surface area contributed by atoms with Gasteiger partial charge in [-0.15, -0.1) is 0 Å². The minimum absolute atomic E-state index is 0.0422. The maximum Gasteiger partial charge on any atom is 0.251 e. The van der Waals surface area contributed by atoms with Gasteiger partial charge < -0.3 is 10.1 Å². The van der Waals surface area contributed by atoms with Gasteiger partial charge in [0.15, 0.2) is 0 Å². The van der Waals surface area contributed by atoms with Gasteiger partial charge in [-0.2, -0.15) is 4.31 Å². The lowest BCUT2D eigenvalue weighted by Crippen LogP contribution is -2.43. The van der Waals surface area contributed by atoms with E-state index in [9.17, 15) is 13.2 Å². The number of carbonyl (C=O) groups excluding carboxylic acids is 1. The highest BCUT2D eigenvalue weighted by molar-refractivity contribution is 7.89. The number of nitrogens with zero attached hydrogens (tertiary/aromatic N) is 2. The van der Waals surface area contributed by atoms with E-state index >= 15 is 0 Å². The average molecular weight is 494 g/mol. The van der Waals surface area contributed by atoms with Crippen LogP contribution in [-0.2, 0) is 14.8 Å². The molecular formula is C24H32ClN3O4S. The van der Waals surface area contributed by atoms with Crippen LogP contribution in [-0.4, -0.2) is 69.5 Å². The highest BCUT2D eigenvalue weighted by Gasteiger charge is 2.26. The molecule has 1 saturated heterocycles. The van der Waals surface area contributed by atoms with E-state index in [-0.39, 0.29) is 16.8 Å². The normalized spacial score (nSPS) is 16.0. The Morgan fingerprint density at radius 1 is 1.12 bits per heavy atom. The van der Waals surface area contributed by atoms with Crippen LogP contribution in [0.5, 0.6) is 0 Å². The zero-order valence-corrected chi connectivity index (χ0v) is 21.0. The Bertz CT molecular complexity index is 1050. The summed E-state index contributed by atoms with van der Waals surface area (Å²) in [5.41, 5.74) is 1.99. The van der Waals surface area contributed by atoms with Crippen molar-refractivity contribution >= 4 is 27.5 Å². The van der Waals surface area contributed by atoms with Crippen molar-refractivity contribution in [3.05, 3.63) is 64.2 Å². The number of morpholine rings is 1. The van der Waals surface area contributed by atoms with Crippen molar-refractivity contribution < 1.29 is 17.9 Å².